The number of rotatable bonds is 5. The van der Waals surface area contributed by atoms with Crippen molar-refractivity contribution in [2.75, 3.05) is 0 Å². The SMILES string of the molecule is Cc1cc(Cc2cnn(CCC(=O)O)c2)c2c(c1O)CCC2. The number of phenols is 1. The molecule has 2 aromatic rings. The monoisotopic (exact) mass is 300 g/mol. The molecule has 1 aliphatic carbocycles. The summed E-state index contributed by atoms with van der Waals surface area (Å²) in [6.07, 6.45) is 7.62. The molecule has 5 heteroatoms. The average molecular weight is 300 g/mol. The number of aliphatic carboxylic acids is 1. The second-order valence-electron chi connectivity index (χ2n) is 5.94. The van der Waals surface area contributed by atoms with E-state index < -0.39 is 5.97 Å². The fourth-order valence-electron chi connectivity index (χ4n) is 3.22. The number of carbonyl (C=O) groups is 1. The minimum absolute atomic E-state index is 0.0782. The summed E-state index contributed by atoms with van der Waals surface area (Å²) in [6, 6.07) is 2.06. The lowest BCUT2D eigenvalue weighted by molar-refractivity contribution is -0.137. The van der Waals surface area contributed by atoms with Crippen LogP contribution in [0.15, 0.2) is 18.5 Å². The van der Waals surface area contributed by atoms with Gasteiger partial charge in [0.1, 0.15) is 5.75 Å². The van der Waals surface area contributed by atoms with Gasteiger partial charge in [0.05, 0.1) is 19.2 Å². The van der Waals surface area contributed by atoms with Crippen LogP contribution < -0.4 is 0 Å². The van der Waals surface area contributed by atoms with Crippen molar-refractivity contribution in [1.82, 2.24) is 9.78 Å². The van der Waals surface area contributed by atoms with Gasteiger partial charge < -0.3 is 10.2 Å². The second-order valence-corrected chi connectivity index (χ2v) is 5.94. The summed E-state index contributed by atoms with van der Waals surface area (Å²) in [5.41, 5.74) is 5.63. The Morgan fingerprint density at radius 3 is 2.91 bits per heavy atom. The molecule has 5 nitrogen and oxygen atoms in total. The Labute approximate surface area is 129 Å². The van der Waals surface area contributed by atoms with Crippen LogP contribution in [0.25, 0.3) is 0 Å². The van der Waals surface area contributed by atoms with Crippen molar-refractivity contribution in [2.24, 2.45) is 0 Å². The highest BCUT2D eigenvalue weighted by molar-refractivity contribution is 5.66. The van der Waals surface area contributed by atoms with Crippen LogP contribution in [0.1, 0.15) is 40.7 Å². The molecule has 0 bridgehead atoms. The molecule has 0 spiro atoms. The van der Waals surface area contributed by atoms with Gasteiger partial charge in [-0.2, -0.15) is 5.10 Å². The molecule has 1 aliphatic rings. The molecule has 0 saturated carbocycles. The molecule has 0 unspecified atom stereocenters. The fourth-order valence-corrected chi connectivity index (χ4v) is 3.22. The molecule has 0 atom stereocenters. The summed E-state index contributed by atoms with van der Waals surface area (Å²) in [6.45, 7) is 2.33. The standard InChI is InChI=1S/C17H20N2O3/c1-11-7-13(14-3-2-4-15(14)17(11)22)8-12-9-18-19(10-12)6-5-16(20)21/h7,9-10,22H,2-6,8H2,1H3,(H,20,21). The number of phenolic OH excluding ortho intramolecular Hbond substituents is 1. The quantitative estimate of drug-likeness (QED) is 0.889. The van der Waals surface area contributed by atoms with Crippen LogP contribution in [0.2, 0.25) is 0 Å². The first-order chi connectivity index (χ1) is 10.5. The number of carboxylic acid groups (broad SMARTS) is 1. The predicted octanol–water partition coefficient (Wildman–Crippen LogP) is 2.45. The molecular weight excluding hydrogens is 280 g/mol. The first-order valence-corrected chi connectivity index (χ1v) is 7.61. The molecule has 0 fully saturated rings. The van der Waals surface area contributed by atoms with E-state index in [2.05, 4.69) is 11.2 Å². The maximum absolute atomic E-state index is 10.6. The van der Waals surface area contributed by atoms with Gasteiger partial charge in [-0.1, -0.05) is 6.07 Å². The van der Waals surface area contributed by atoms with E-state index >= 15 is 0 Å². The maximum atomic E-state index is 10.6. The summed E-state index contributed by atoms with van der Waals surface area (Å²) < 4.78 is 1.68. The van der Waals surface area contributed by atoms with Crippen LogP contribution >= 0.6 is 0 Å². The van der Waals surface area contributed by atoms with Gasteiger partial charge in [0, 0.05) is 12.6 Å². The van der Waals surface area contributed by atoms with Gasteiger partial charge in [-0.15, -0.1) is 0 Å². The van der Waals surface area contributed by atoms with Crippen LogP contribution in [-0.4, -0.2) is 26.0 Å². The van der Waals surface area contributed by atoms with Crippen LogP contribution in [0.5, 0.6) is 5.75 Å². The van der Waals surface area contributed by atoms with E-state index in [9.17, 15) is 9.90 Å². The fraction of sp³-hybridized carbons (Fsp3) is 0.412. The molecular formula is C17H20N2O3. The Balaban J connectivity index is 1.81. The van der Waals surface area contributed by atoms with Crippen LogP contribution in [0.4, 0.5) is 0 Å². The Kier molecular flexibility index (Phi) is 3.88. The highest BCUT2D eigenvalue weighted by Gasteiger charge is 2.20. The maximum Gasteiger partial charge on any atom is 0.305 e. The van der Waals surface area contributed by atoms with E-state index in [0.717, 1.165) is 42.4 Å². The lowest BCUT2D eigenvalue weighted by Gasteiger charge is -2.12. The number of aromatic hydroxyl groups is 1. The Hall–Kier alpha value is -2.30. The Morgan fingerprint density at radius 2 is 2.14 bits per heavy atom. The third-order valence-corrected chi connectivity index (χ3v) is 4.29. The summed E-state index contributed by atoms with van der Waals surface area (Å²) in [4.78, 5) is 10.6. The van der Waals surface area contributed by atoms with Gasteiger partial charge in [0.2, 0.25) is 0 Å². The minimum atomic E-state index is -0.816. The van der Waals surface area contributed by atoms with Gasteiger partial charge in [-0.05, 0) is 54.0 Å². The lowest BCUT2D eigenvalue weighted by Crippen LogP contribution is -2.04. The third-order valence-electron chi connectivity index (χ3n) is 4.29. The van der Waals surface area contributed by atoms with E-state index in [4.69, 9.17) is 5.11 Å². The number of fused-ring (bicyclic) bond motifs is 1. The summed E-state index contributed by atoms with van der Waals surface area (Å²) in [5, 5.41) is 23.1. The molecule has 0 amide bonds. The van der Waals surface area contributed by atoms with Crippen LogP contribution in [0.3, 0.4) is 0 Å². The van der Waals surface area contributed by atoms with Crippen molar-refractivity contribution < 1.29 is 15.0 Å². The molecule has 3 rings (SSSR count). The second kappa shape index (κ2) is 5.83. The minimum Gasteiger partial charge on any atom is -0.507 e. The topological polar surface area (TPSA) is 75.4 Å². The number of hydrogen-bond donors (Lipinski definition) is 2. The van der Waals surface area contributed by atoms with Crippen molar-refractivity contribution >= 4 is 5.97 Å². The first kappa shape index (κ1) is 14.6. The molecule has 1 aromatic carbocycles. The predicted molar refractivity (Wildman–Crippen MR) is 82.2 cm³/mol. The van der Waals surface area contributed by atoms with Crippen molar-refractivity contribution in [2.45, 2.75) is 45.6 Å². The zero-order valence-electron chi connectivity index (χ0n) is 12.7. The van der Waals surface area contributed by atoms with E-state index in [-0.39, 0.29) is 6.42 Å². The number of aromatic nitrogens is 2. The van der Waals surface area contributed by atoms with Crippen molar-refractivity contribution in [3.05, 3.63) is 46.3 Å². The van der Waals surface area contributed by atoms with E-state index in [1.165, 1.54) is 11.1 Å². The molecule has 0 aliphatic heterocycles. The largest absolute Gasteiger partial charge is 0.507 e. The highest BCUT2D eigenvalue weighted by atomic mass is 16.4. The number of nitrogens with zero attached hydrogens (tertiary/aromatic N) is 2. The van der Waals surface area contributed by atoms with Gasteiger partial charge in [-0.25, -0.2) is 0 Å². The molecule has 22 heavy (non-hydrogen) atoms. The van der Waals surface area contributed by atoms with Crippen LogP contribution in [0, 0.1) is 6.92 Å². The van der Waals surface area contributed by atoms with E-state index in [0.29, 0.717) is 12.3 Å². The molecule has 1 aromatic heterocycles. The summed E-state index contributed by atoms with van der Waals surface area (Å²) in [5.74, 6) is -0.363. The highest BCUT2D eigenvalue weighted by Crippen LogP contribution is 2.36. The third kappa shape index (κ3) is 2.84. The normalized spacial score (nSPS) is 13.3. The number of aryl methyl sites for hydroxylation is 2. The first-order valence-electron chi connectivity index (χ1n) is 7.61. The number of hydrogen-bond acceptors (Lipinski definition) is 3. The lowest BCUT2D eigenvalue weighted by atomic mass is 9.95. The molecule has 1 heterocycles. The van der Waals surface area contributed by atoms with Crippen molar-refractivity contribution in [3.63, 3.8) is 0 Å². The van der Waals surface area contributed by atoms with Crippen molar-refractivity contribution in [3.8, 4) is 5.75 Å². The summed E-state index contributed by atoms with van der Waals surface area (Å²) in [7, 11) is 0. The van der Waals surface area contributed by atoms with Crippen molar-refractivity contribution in [1.29, 1.82) is 0 Å². The molecule has 0 saturated heterocycles. The summed E-state index contributed by atoms with van der Waals surface area (Å²) >= 11 is 0. The van der Waals surface area contributed by atoms with Gasteiger partial charge >= 0.3 is 5.97 Å². The Bertz CT molecular complexity index is 719. The van der Waals surface area contributed by atoms with Crippen LogP contribution in [-0.2, 0) is 30.6 Å². The van der Waals surface area contributed by atoms with Gasteiger partial charge in [0.15, 0.2) is 0 Å². The zero-order valence-corrected chi connectivity index (χ0v) is 12.7. The van der Waals surface area contributed by atoms with Gasteiger partial charge in [0.25, 0.3) is 0 Å². The van der Waals surface area contributed by atoms with Gasteiger partial charge in [-0.3, -0.25) is 9.48 Å². The Morgan fingerprint density at radius 1 is 1.36 bits per heavy atom. The van der Waals surface area contributed by atoms with E-state index in [1.54, 1.807) is 10.9 Å². The van der Waals surface area contributed by atoms with E-state index in [1.807, 2.05) is 13.1 Å². The average Bonchev–Trinajstić information content (AvgIpc) is 3.11. The number of carboxylic acids is 1. The molecule has 2 N–H and O–H groups in total. The molecule has 116 valence electrons. The molecule has 0 radical (unpaired) electrons. The smallest absolute Gasteiger partial charge is 0.305 e. The number of benzene rings is 1. The zero-order chi connectivity index (χ0) is 15.7.